The molecule has 0 unspecified atom stereocenters. The van der Waals surface area contributed by atoms with Gasteiger partial charge >= 0.3 is 0 Å². The van der Waals surface area contributed by atoms with E-state index >= 15 is 0 Å². The quantitative estimate of drug-likeness (QED) is 0.0553. The lowest BCUT2D eigenvalue weighted by Gasteiger charge is -2.15. The zero-order valence-electron chi connectivity index (χ0n) is 34.9. The average Bonchev–Trinajstić information content (AvgIpc) is 3.19. The van der Waals surface area contributed by atoms with Crippen molar-refractivity contribution in [3.63, 3.8) is 0 Å². The number of hydrogen-bond acceptors (Lipinski definition) is 4. The molecule has 0 atom stereocenters. The number of unbranched alkanes of at least 4 members (excludes halogenated alkanes) is 20. The molecule has 0 aliphatic heterocycles. The molecule has 4 heteroatoms. The van der Waals surface area contributed by atoms with Crippen LogP contribution in [0.25, 0.3) is 0 Å². The second-order valence-electron chi connectivity index (χ2n) is 14.7. The van der Waals surface area contributed by atoms with Crippen LogP contribution in [0.3, 0.4) is 0 Å². The predicted molar refractivity (Wildman–Crippen MR) is 230 cm³/mol. The molecular weight excluding hydrogens is 665 g/mol. The molecule has 0 N–H and O–H groups in total. The zero-order chi connectivity index (χ0) is 38.9. The molecule has 298 valence electrons. The summed E-state index contributed by atoms with van der Waals surface area (Å²) in [5, 5.41) is 0. The Balaban J connectivity index is 2.32. The maximum atomic E-state index is 6.36. The first-order valence-corrected chi connectivity index (χ1v) is 21.9. The van der Waals surface area contributed by atoms with Gasteiger partial charge in [-0.1, -0.05) is 180 Å². The summed E-state index contributed by atoms with van der Waals surface area (Å²) in [7, 11) is 0. The Morgan fingerprint density at radius 1 is 0.333 bits per heavy atom. The topological polar surface area (TPSA) is 36.9 Å². The molecule has 0 aromatic heterocycles. The van der Waals surface area contributed by atoms with Crippen LogP contribution in [0.5, 0.6) is 23.0 Å². The second-order valence-corrected chi connectivity index (χ2v) is 14.7. The molecule has 4 nitrogen and oxygen atoms in total. The van der Waals surface area contributed by atoms with Crippen LogP contribution in [0.1, 0.15) is 204 Å². The first-order chi connectivity index (χ1) is 26.6. The smallest absolute Gasteiger partial charge is 0.162 e. The summed E-state index contributed by atoms with van der Waals surface area (Å²) in [6.45, 7) is 11.5. The molecule has 0 bridgehead atoms. The Morgan fingerprint density at radius 2 is 0.556 bits per heavy atom. The fourth-order valence-corrected chi connectivity index (χ4v) is 6.41. The molecule has 0 spiro atoms. The second kappa shape index (κ2) is 31.6. The normalized spacial score (nSPS) is 10.6. The highest BCUT2D eigenvalue weighted by atomic mass is 16.5. The van der Waals surface area contributed by atoms with Crippen molar-refractivity contribution in [2.45, 2.75) is 182 Å². The van der Waals surface area contributed by atoms with Crippen LogP contribution in [0.4, 0.5) is 0 Å². The Morgan fingerprint density at radius 3 is 0.796 bits per heavy atom. The summed E-state index contributed by atoms with van der Waals surface area (Å²) in [6, 6.07) is 7.71. The lowest BCUT2D eigenvalue weighted by atomic mass is 10.0. The summed E-state index contributed by atoms with van der Waals surface area (Å²) in [5.41, 5.74) is 2.77. The minimum atomic E-state index is 0.627. The third kappa shape index (κ3) is 20.1. The van der Waals surface area contributed by atoms with Crippen LogP contribution < -0.4 is 18.9 Å². The van der Waals surface area contributed by atoms with Crippen molar-refractivity contribution in [1.82, 2.24) is 0 Å². The van der Waals surface area contributed by atoms with E-state index in [-0.39, 0.29) is 0 Å². The van der Waals surface area contributed by atoms with Gasteiger partial charge in [-0.15, -0.1) is 12.8 Å². The van der Waals surface area contributed by atoms with E-state index in [1.165, 1.54) is 103 Å². The lowest BCUT2D eigenvalue weighted by Crippen LogP contribution is -2.04. The van der Waals surface area contributed by atoms with Crippen LogP contribution in [0, 0.1) is 36.5 Å². The summed E-state index contributed by atoms with van der Waals surface area (Å²) >= 11 is 0. The van der Waals surface area contributed by atoms with E-state index in [1.54, 1.807) is 0 Å². The van der Waals surface area contributed by atoms with Crippen molar-refractivity contribution >= 4 is 0 Å². The van der Waals surface area contributed by atoms with Crippen LogP contribution >= 0.6 is 0 Å². The number of benzene rings is 2. The predicted octanol–water partition coefficient (Wildman–Crippen LogP) is 14.0. The molecule has 0 saturated heterocycles. The van der Waals surface area contributed by atoms with Gasteiger partial charge in [-0.05, 0) is 25.7 Å². The van der Waals surface area contributed by atoms with Gasteiger partial charge in [0.05, 0.1) is 26.4 Å². The minimum absolute atomic E-state index is 0.627. The van der Waals surface area contributed by atoms with Crippen molar-refractivity contribution in [2.24, 2.45) is 0 Å². The first kappa shape index (κ1) is 46.5. The summed E-state index contributed by atoms with van der Waals surface area (Å²) in [4.78, 5) is 0. The van der Waals surface area contributed by atoms with E-state index in [0.29, 0.717) is 71.7 Å². The van der Waals surface area contributed by atoms with Crippen molar-refractivity contribution in [3.8, 4) is 59.5 Å². The highest BCUT2D eigenvalue weighted by Gasteiger charge is 2.14. The molecule has 0 fully saturated rings. The molecule has 0 aliphatic carbocycles. The van der Waals surface area contributed by atoms with Gasteiger partial charge in [0.2, 0.25) is 0 Å². The van der Waals surface area contributed by atoms with Crippen molar-refractivity contribution in [2.75, 3.05) is 26.4 Å². The Labute approximate surface area is 332 Å². The highest BCUT2D eigenvalue weighted by Crippen LogP contribution is 2.33. The fourth-order valence-electron chi connectivity index (χ4n) is 6.41. The molecule has 2 rings (SSSR count). The Kier molecular flexibility index (Phi) is 27.2. The average molecular weight is 739 g/mol. The van der Waals surface area contributed by atoms with Gasteiger partial charge in [-0.25, -0.2) is 0 Å². The van der Waals surface area contributed by atoms with Gasteiger partial charge in [0.15, 0.2) is 23.0 Å². The number of rotatable bonds is 32. The molecule has 0 heterocycles. The largest absolute Gasteiger partial charge is 0.490 e. The van der Waals surface area contributed by atoms with Gasteiger partial charge in [0, 0.05) is 46.5 Å². The SMILES string of the molecule is C#Cc1cc(OCCCCCCCC)c(OCCCCCCCC)cc1C#Cc1cc(OCCCCCCCC)c(OCCCCCCCC)cc1C#C. The standard InChI is InChI=1S/C50H74O4/c1-7-13-17-21-25-29-35-51-47-39-43(11-5)45(41-49(47)53-37-31-27-23-19-15-9-3)33-34-46-42-50(54-38-32-28-24-20-16-10-4)48(40-44(46)12-6)52-36-30-26-22-18-14-8-2/h5-6,39-42H,7-10,13-32,35-38H2,1-4H3. The molecule has 0 amide bonds. The Hall–Kier alpha value is -3.68. The van der Waals surface area contributed by atoms with Crippen molar-refractivity contribution < 1.29 is 18.9 Å². The van der Waals surface area contributed by atoms with Crippen molar-refractivity contribution in [1.29, 1.82) is 0 Å². The summed E-state index contributed by atoms with van der Waals surface area (Å²) in [6.07, 6.45) is 40.9. The van der Waals surface area contributed by atoms with Crippen molar-refractivity contribution in [3.05, 3.63) is 46.5 Å². The van der Waals surface area contributed by atoms with Crippen LogP contribution in [-0.4, -0.2) is 26.4 Å². The number of hydrogen-bond donors (Lipinski definition) is 0. The zero-order valence-corrected chi connectivity index (χ0v) is 34.9. The van der Waals surface area contributed by atoms with Gasteiger partial charge in [0.1, 0.15) is 0 Å². The van der Waals surface area contributed by atoms with E-state index in [1.807, 2.05) is 24.3 Å². The monoisotopic (exact) mass is 739 g/mol. The lowest BCUT2D eigenvalue weighted by molar-refractivity contribution is 0.258. The third-order valence-corrected chi connectivity index (χ3v) is 9.83. The van der Waals surface area contributed by atoms with E-state index in [0.717, 1.165) is 51.4 Å². The van der Waals surface area contributed by atoms with Gasteiger partial charge in [-0.2, -0.15) is 0 Å². The molecular formula is C50H74O4. The number of ether oxygens (including phenoxy) is 4. The molecule has 54 heavy (non-hydrogen) atoms. The van der Waals surface area contributed by atoms with Gasteiger partial charge in [-0.3, -0.25) is 0 Å². The maximum Gasteiger partial charge on any atom is 0.162 e. The molecule has 0 aliphatic rings. The van der Waals surface area contributed by atoms with E-state index in [4.69, 9.17) is 31.8 Å². The summed E-state index contributed by atoms with van der Waals surface area (Å²) < 4.78 is 25.3. The fraction of sp³-hybridized carbons (Fsp3) is 0.640. The van der Waals surface area contributed by atoms with Crippen LogP contribution in [0.2, 0.25) is 0 Å². The summed E-state index contributed by atoms with van der Waals surface area (Å²) in [5.74, 6) is 15.1. The first-order valence-electron chi connectivity index (χ1n) is 21.9. The highest BCUT2D eigenvalue weighted by molar-refractivity contribution is 5.63. The van der Waals surface area contributed by atoms with E-state index in [9.17, 15) is 0 Å². The van der Waals surface area contributed by atoms with E-state index in [2.05, 4.69) is 51.4 Å². The Bertz CT molecular complexity index is 1310. The molecule has 2 aromatic rings. The maximum absolute atomic E-state index is 6.36. The third-order valence-electron chi connectivity index (χ3n) is 9.83. The van der Waals surface area contributed by atoms with Crippen LogP contribution in [-0.2, 0) is 0 Å². The molecule has 0 radical (unpaired) electrons. The van der Waals surface area contributed by atoms with E-state index < -0.39 is 0 Å². The molecule has 0 saturated carbocycles. The van der Waals surface area contributed by atoms with Crippen LogP contribution in [0.15, 0.2) is 24.3 Å². The van der Waals surface area contributed by atoms with Gasteiger partial charge in [0.25, 0.3) is 0 Å². The van der Waals surface area contributed by atoms with Gasteiger partial charge < -0.3 is 18.9 Å². The molecule has 2 aromatic carbocycles. The minimum Gasteiger partial charge on any atom is -0.490 e. The number of terminal acetylenes is 2.